The molecule has 0 bridgehead atoms. The monoisotopic (exact) mass is 463 g/mol. The summed E-state index contributed by atoms with van der Waals surface area (Å²) >= 11 is 6.37. The molecule has 0 radical (unpaired) electrons. The average Bonchev–Trinajstić information content (AvgIpc) is 3.39. The maximum atomic E-state index is 3.88. The topological polar surface area (TPSA) is 15.8 Å². The van der Waals surface area contributed by atoms with Crippen LogP contribution in [0.25, 0.3) is 0 Å². The lowest BCUT2D eigenvalue weighted by molar-refractivity contribution is 0.348. The molecule has 3 rings (SSSR count). The molecule has 1 nitrogen and oxygen atoms in total. The molecule has 1 aliphatic rings. The standard InChI is InChI=1S/C26H41NS3/c1-9-17(5)21-22-23(29-16-15-28-22)24(30-21)26(8,12-4)18(10-2)19-13-14-20(27-19)25(6,7)11-3/h13-14,17-18,27H,9-12,15-16H2,1-8H3. The Morgan fingerprint density at radius 1 is 0.933 bits per heavy atom. The van der Waals surface area contributed by atoms with E-state index in [-0.39, 0.29) is 10.8 Å². The number of hydrogen-bond donors (Lipinski definition) is 1. The second kappa shape index (κ2) is 9.67. The van der Waals surface area contributed by atoms with Crippen molar-refractivity contribution in [2.75, 3.05) is 11.5 Å². The minimum Gasteiger partial charge on any atom is -0.362 e. The van der Waals surface area contributed by atoms with Gasteiger partial charge in [-0.1, -0.05) is 55.4 Å². The normalized spacial score (nSPS) is 18.7. The van der Waals surface area contributed by atoms with Crippen LogP contribution in [0.1, 0.15) is 114 Å². The van der Waals surface area contributed by atoms with E-state index in [1.165, 1.54) is 42.2 Å². The van der Waals surface area contributed by atoms with Gasteiger partial charge in [0, 0.05) is 59.2 Å². The van der Waals surface area contributed by atoms with Crippen molar-refractivity contribution >= 4 is 34.9 Å². The maximum Gasteiger partial charge on any atom is 0.0357 e. The zero-order valence-electron chi connectivity index (χ0n) is 20.3. The van der Waals surface area contributed by atoms with Crippen LogP contribution in [0.2, 0.25) is 0 Å². The third-order valence-electron chi connectivity index (χ3n) is 7.61. The molecule has 1 aliphatic heterocycles. The van der Waals surface area contributed by atoms with Crippen LogP contribution in [0, 0.1) is 0 Å². The Morgan fingerprint density at radius 3 is 2.17 bits per heavy atom. The minimum atomic E-state index is 0.165. The Hall–Kier alpha value is -0.320. The maximum absolute atomic E-state index is 3.88. The lowest BCUT2D eigenvalue weighted by Gasteiger charge is -2.37. The third-order valence-corrected chi connectivity index (χ3v) is 12.2. The van der Waals surface area contributed by atoms with E-state index < -0.39 is 0 Å². The fourth-order valence-electron chi connectivity index (χ4n) is 4.64. The van der Waals surface area contributed by atoms with Crippen molar-refractivity contribution in [3.8, 4) is 0 Å². The van der Waals surface area contributed by atoms with Crippen LogP contribution in [0.5, 0.6) is 0 Å². The van der Waals surface area contributed by atoms with E-state index in [0.717, 1.165) is 6.42 Å². The van der Waals surface area contributed by atoms with Crippen molar-refractivity contribution in [2.45, 2.75) is 114 Å². The summed E-state index contributed by atoms with van der Waals surface area (Å²) in [4.78, 5) is 10.4. The Balaban J connectivity index is 2.09. The summed E-state index contributed by atoms with van der Waals surface area (Å²) in [5.74, 6) is 3.68. The van der Waals surface area contributed by atoms with E-state index in [0.29, 0.717) is 11.8 Å². The highest BCUT2D eigenvalue weighted by molar-refractivity contribution is 8.06. The zero-order valence-corrected chi connectivity index (χ0v) is 22.7. The summed E-state index contributed by atoms with van der Waals surface area (Å²) in [5.41, 5.74) is 3.19. The molecule has 0 aliphatic carbocycles. The lowest BCUT2D eigenvalue weighted by atomic mass is 9.71. The molecule has 3 atom stereocenters. The second-order valence-electron chi connectivity index (χ2n) is 9.76. The summed E-state index contributed by atoms with van der Waals surface area (Å²) in [5, 5.41) is 0. The summed E-state index contributed by atoms with van der Waals surface area (Å²) in [6, 6.07) is 4.73. The van der Waals surface area contributed by atoms with Gasteiger partial charge < -0.3 is 4.98 Å². The smallest absolute Gasteiger partial charge is 0.0357 e. The summed E-state index contributed by atoms with van der Waals surface area (Å²) in [6.07, 6.45) is 4.72. The van der Waals surface area contributed by atoms with Crippen LogP contribution in [0.3, 0.4) is 0 Å². The largest absolute Gasteiger partial charge is 0.362 e. The molecule has 3 heterocycles. The number of thioether (sulfide) groups is 2. The van der Waals surface area contributed by atoms with Crippen molar-refractivity contribution in [1.82, 2.24) is 4.98 Å². The van der Waals surface area contributed by atoms with Crippen LogP contribution < -0.4 is 0 Å². The van der Waals surface area contributed by atoms with E-state index in [9.17, 15) is 0 Å². The van der Waals surface area contributed by atoms with Gasteiger partial charge in [-0.25, -0.2) is 0 Å². The molecular weight excluding hydrogens is 422 g/mol. The molecule has 0 amide bonds. The molecule has 30 heavy (non-hydrogen) atoms. The van der Waals surface area contributed by atoms with Gasteiger partial charge in [0.15, 0.2) is 0 Å². The SMILES string of the molecule is CCC(C)c1sc(C(C)(CC)C(CC)c2ccc(C(C)(C)CC)[nH]2)c2c1SCCS2. The Morgan fingerprint density at radius 2 is 1.60 bits per heavy atom. The van der Waals surface area contributed by atoms with Crippen molar-refractivity contribution in [1.29, 1.82) is 0 Å². The molecule has 2 aromatic rings. The Bertz CT molecular complexity index is 847. The molecule has 0 saturated carbocycles. The van der Waals surface area contributed by atoms with E-state index in [1.54, 1.807) is 19.5 Å². The molecule has 0 saturated heterocycles. The Labute approximate surface area is 197 Å². The van der Waals surface area contributed by atoms with Gasteiger partial charge in [-0.15, -0.1) is 34.9 Å². The quantitative estimate of drug-likeness (QED) is 0.398. The molecule has 0 spiro atoms. The van der Waals surface area contributed by atoms with Gasteiger partial charge in [0.1, 0.15) is 0 Å². The number of hydrogen-bond acceptors (Lipinski definition) is 3. The zero-order chi connectivity index (χ0) is 22.1. The summed E-state index contributed by atoms with van der Waals surface area (Å²) in [7, 11) is 0. The van der Waals surface area contributed by atoms with Gasteiger partial charge in [0.25, 0.3) is 0 Å². The first-order valence-corrected chi connectivity index (χ1v) is 14.6. The molecule has 1 N–H and O–H groups in total. The first-order valence-electron chi connectivity index (χ1n) is 11.8. The van der Waals surface area contributed by atoms with Crippen molar-refractivity contribution in [2.24, 2.45) is 0 Å². The molecule has 0 fully saturated rings. The first-order chi connectivity index (χ1) is 14.2. The van der Waals surface area contributed by atoms with Crippen molar-refractivity contribution < 1.29 is 0 Å². The predicted octanol–water partition coefficient (Wildman–Crippen LogP) is 9.34. The van der Waals surface area contributed by atoms with Gasteiger partial charge in [0.2, 0.25) is 0 Å². The van der Waals surface area contributed by atoms with Gasteiger partial charge >= 0.3 is 0 Å². The number of rotatable bonds is 9. The van der Waals surface area contributed by atoms with Crippen LogP contribution in [-0.2, 0) is 10.8 Å². The number of thiophene rings is 1. The van der Waals surface area contributed by atoms with E-state index in [4.69, 9.17) is 0 Å². The highest BCUT2D eigenvalue weighted by Gasteiger charge is 2.41. The van der Waals surface area contributed by atoms with Crippen LogP contribution in [0.15, 0.2) is 21.9 Å². The Kier molecular flexibility index (Phi) is 7.84. The van der Waals surface area contributed by atoms with E-state index >= 15 is 0 Å². The van der Waals surface area contributed by atoms with Crippen LogP contribution in [-0.4, -0.2) is 16.5 Å². The van der Waals surface area contributed by atoms with Gasteiger partial charge in [-0.05, 0) is 43.7 Å². The highest BCUT2D eigenvalue weighted by Crippen LogP contribution is 2.56. The predicted molar refractivity (Wildman–Crippen MR) is 139 cm³/mol. The van der Waals surface area contributed by atoms with Crippen LogP contribution in [0.4, 0.5) is 0 Å². The molecule has 4 heteroatoms. The van der Waals surface area contributed by atoms with Crippen LogP contribution >= 0.6 is 34.9 Å². The van der Waals surface area contributed by atoms with Crippen molar-refractivity contribution in [3.05, 3.63) is 33.3 Å². The van der Waals surface area contributed by atoms with Gasteiger partial charge in [-0.3, -0.25) is 0 Å². The second-order valence-corrected chi connectivity index (χ2v) is 13.0. The lowest BCUT2D eigenvalue weighted by Crippen LogP contribution is -2.30. The van der Waals surface area contributed by atoms with Gasteiger partial charge in [0.05, 0.1) is 0 Å². The van der Waals surface area contributed by atoms with E-state index in [2.05, 4.69) is 107 Å². The number of H-pyrrole nitrogens is 1. The number of aromatic amines is 1. The summed E-state index contributed by atoms with van der Waals surface area (Å²) < 4.78 is 0. The molecule has 3 unspecified atom stereocenters. The average molecular weight is 464 g/mol. The molecule has 2 aromatic heterocycles. The summed E-state index contributed by atoms with van der Waals surface area (Å²) in [6.45, 7) is 19.1. The van der Waals surface area contributed by atoms with E-state index in [1.807, 2.05) is 0 Å². The molecule has 0 aromatic carbocycles. The fourth-order valence-corrected chi connectivity index (χ4v) is 9.48. The number of nitrogens with one attached hydrogen (secondary N) is 1. The van der Waals surface area contributed by atoms with Gasteiger partial charge in [-0.2, -0.15) is 0 Å². The molecular formula is C26H41NS3. The van der Waals surface area contributed by atoms with Crippen molar-refractivity contribution in [3.63, 3.8) is 0 Å². The molecule has 168 valence electrons. The number of fused-ring (bicyclic) bond motifs is 1. The minimum absolute atomic E-state index is 0.165. The number of aromatic nitrogens is 1. The first kappa shape index (κ1) is 24.3. The highest BCUT2D eigenvalue weighted by atomic mass is 32.2. The fraction of sp³-hybridized carbons (Fsp3) is 0.692. The third kappa shape index (κ3) is 4.30.